The van der Waals surface area contributed by atoms with Crippen LogP contribution in [0.5, 0.6) is 0 Å². The first-order chi connectivity index (χ1) is 14.3. The Balaban J connectivity index is 1.49. The number of piperidine rings is 1. The highest BCUT2D eigenvalue weighted by Crippen LogP contribution is 2.31. The summed E-state index contributed by atoms with van der Waals surface area (Å²) >= 11 is 7.21. The number of nitrogens with zero attached hydrogens (tertiary/aromatic N) is 3. The van der Waals surface area contributed by atoms with Gasteiger partial charge in [0.15, 0.2) is 0 Å². The fraction of sp³-hybridized carbons (Fsp3) is 0.316. The van der Waals surface area contributed by atoms with Gasteiger partial charge in [-0.1, -0.05) is 28.9 Å². The quantitative estimate of drug-likeness (QED) is 0.613. The summed E-state index contributed by atoms with van der Waals surface area (Å²) in [7, 11) is -3.73. The molecule has 0 radical (unpaired) electrons. The van der Waals surface area contributed by atoms with Gasteiger partial charge in [-0.15, -0.1) is 11.3 Å². The molecular weight excluding hydrogens is 448 g/mol. The van der Waals surface area contributed by atoms with E-state index in [0.717, 1.165) is 11.3 Å². The average molecular weight is 467 g/mol. The first-order valence-electron chi connectivity index (χ1n) is 9.29. The minimum Gasteiger partial charge on any atom is -0.339 e. The molecule has 3 heterocycles. The maximum absolute atomic E-state index is 13.1. The zero-order chi connectivity index (χ0) is 21.3. The lowest BCUT2D eigenvalue weighted by molar-refractivity contribution is -0.120. The van der Waals surface area contributed by atoms with Gasteiger partial charge in [0.05, 0.1) is 16.6 Å². The number of para-hydroxylation sites is 1. The van der Waals surface area contributed by atoms with Crippen molar-refractivity contribution in [3.63, 3.8) is 0 Å². The Labute approximate surface area is 182 Å². The highest BCUT2D eigenvalue weighted by molar-refractivity contribution is 7.91. The average Bonchev–Trinajstić information content (AvgIpc) is 3.39. The van der Waals surface area contributed by atoms with E-state index in [0.29, 0.717) is 47.4 Å². The number of thiophene rings is 1. The Morgan fingerprint density at radius 1 is 1.37 bits per heavy atom. The third kappa shape index (κ3) is 4.27. The monoisotopic (exact) mass is 466 g/mol. The summed E-state index contributed by atoms with van der Waals surface area (Å²) in [5.74, 6) is 0.0612. The van der Waals surface area contributed by atoms with Gasteiger partial charge < -0.3 is 9.84 Å². The normalized spacial score (nSPS) is 17.7. The Morgan fingerprint density at radius 2 is 2.17 bits per heavy atom. The van der Waals surface area contributed by atoms with Gasteiger partial charge in [-0.05, 0) is 31.0 Å². The molecule has 0 spiro atoms. The Hall–Kier alpha value is -2.27. The molecule has 4 rings (SSSR count). The molecule has 1 fully saturated rings. The van der Waals surface area contributed by atoms with Crippen LogP contribution in [-0.2, 0) is 14.8 Å². The molecule has 1 atom stereocenters. The van der Waals surface area contributed by atoms with Crippen molar-refractivity contribution in [2.45, 2.75) is 24.0 Å². The van der Waals surface area contributed by atoms with Gasteiger partial charge in [0.25, 0.3) is 10.0 Å². The molecule has 0 saturated carbocycles. The summed E-state index contributed by atoms with van der Waals surface area (Å²) in [6.07, 6.45) is 1.21. The second-order valence-corrected chi connectivity index (χ2v) is 10.4. The van der Waals surface area contributed by atoms with Crippen LogP contribution in [0.15, 0.2) is 44.4 Å². The van der Waals surface area contributed by atoms with Crippen molar-refractivity contribution < 1.29 is 17.7 Å². The number of benzene rings is 1. The number of hydrogen-bond donors (Lipinski definition) is 1. The van der Waals surface area contributed by atoms with Gasteiger partial charge >= 0.3 is 0 Å². The molecular formula is C19H19ClN4O4S2. The van der Waals surface area contributed by atoms with E-state index >= 15 is 0 Å². The fourth-order valence-electron chi connectivity index (χ4n) is 3.28. The van der Waals surface area contributed by atoms with Gasteiger partial charge in [0.1, 0.15) is 4.21 Å². The second kappa shape index (κ2) is 8.46. The summed E-state index contributed by atoms with van der Waals surface area (Å²) in [6, 6.07) is 8.49. The first-order valence-corrected chi connectivity index (χ1v) is 12.0. The lowest BCUT2D eigenvalue weighted by Gasteiger charge is -2.30. The van der Waals surface area contributed by atoms with Crippen LogP contribution in [0.4, 0.5) is 5.69 Å². The van der Waals surface area contributed by atoms with Crippen molar-refractivity contribution in [3.05, 3.63) is 46.6 Å². The molecule has 30 heavy (non-hydrogen) atoms. The standard InChI is InChI=1S/C19H19ClN4O4S2/c1-12-21-18(23-28-12)14-9-17(29-11-14)30(26,27)24-8-4-5-13(10-24)19(25)22-16-7-3-2-6-15(16)20/h2-3,6-7,9,11,13H,4-5,8,10H2,1H3,(H,22,25)/t13-/m1/s1. The Bertz CT molecular complexity index is 1170. The number of sulfonamides is 1. The summed E-state index contributed by atoms with van der Waals surface area (Å²) in [5.41, 5.74) is 1.10. The van der Waals surface area contributed by atoms with Gasteiger partial charge in [0.2, 0.25) is 17.6 Å². The van der Waals surface area contributed by atoms with E-state index in [9.17, 15) is 13.2 Å². The molecule has 1 amide bonds. The molecule has 11 heteroatoms. The third-order valence-corrected chi connectivity index (χ3v) is 8.45. The Morgan fingerprint density at radius 3 is 2.90 bits per heavy atom. The van der Waals surface area contributed by atoms with E-state index in [1.165, 1.54) is 10.4 Å². The molecule has 1 aromatic carbocycles. The molecule has 1 aliphatic heterocycles. The van der Waals surface area contributed by atoms with E-state index < -0.39 is 15.9 Å². The number of carbonyl (C=O) groups is 1. The summed E-state index contributed by atoms with van der Waals surface area (Å²) in [5, 5.41) is 8.75. The van der Waals surface area contributed by atoms with E-state index in [-0.39, 0.29) is 16.7 Å². The van der Waals surface area contributed by atoms with Gasteiger partial charge in [-0.3, -0.25) is 4.79 Å². The van der Waals surface area contributed by atoms with Crippen LogP contribution in [0.1, 0.15) is 18.7 Å². The van der Waals surface area contributed by atoms with E-state index in [1.54, 1.807) is 36.6 Å². The molecule has 0 aliphatic carbocycles. The first kappa shape index (κ1) is 21.0. The van der Waals surface area contributed by atoms with Crippen LogP contribution in [0.25, 0.3) is 11.4 Å². The van der Waals surface area contributed by atoms with E-state index in [2.05, 4.69) is 15.5 Å². The van der Waals surface area contributed by atoms with Gasteiger partial charge in [-0.2, -0.15) is 9.29 Å². The summed E-state index contributed by atoms with van der Waals surface area (Å²) in [4.78, 5) is 16.8. The van der Waals surface area contributed by atoms with Crippen LogP contribution in [0, 0.1) is 12.8 Å². The largest absolute Gasteiger partial charge is 0.339 e. The number of aryl methyl sites for hydroxylation is 1. The highest BCUT2D eigenvalue weighted by Gasteiger charge is 2.34. The van der Waals surface area contributed by atoms with Gasteiger partial charge in [-0.25, -0.2) is 8.42 Å². The number of aromatic nitrogens is 2. The predicted molar refractivity (Wildman–Crippen MR) is 114 cm³/mol. The van der Waals surface area contributed by atoms with Crippen molar-refractivity contribution >= 4 is 44.6 Å². The van der Waals surface area contributed by atoms with Crippen molar-refractivity contribution in [2.75, 3.05) is 18.4 Å². The maximum atomic E-state index is 13.1. The number of halogens is 1. The third-order valence-electron chi connectivity index (χ3n) is 4.84. The minimum atomic E-state index is -3.73. The number of nitrogens with one attached hydrogen (secondary N) is 1. The molecule has 8 nitrogen and oxygen atoms in total. The fourth-order valence-corrected chi connectivity index (χ4v) is 6.30. The number of amides is 1. The SMILES string of the molecule is Cc1nc(-c2csc(S(=O)(=O)N3CCC[C@@H](C(=O)Nc4ccccc4Cl)C3)c2)no1. The summed E-state index contributed by atoms with van der Waals surface area (Å²) in [6.45, 7) is 2.15. The number of anilines is 1. The lowest BCUT2D eigenvalue weighted by atomic mass is 9.99. The molecule has 3 aromatic rings. The second-order valence-electron chi connectivity index (χ2n) is 6.96. The van der Waals surface area contributed by atoms with E-state index in [4.69, 9.17) is 16.1 Å². The van der Waals surface area contributed by atoms with Crippen LogP contribution >= 0.6 is 22.9 Å². The van der Waals surface area contributed by atoms with Crippen molar-refractivity contribution in [2.24, 2.45) is 5.92 Å². The molecule has 158 valence electrons. The van der Waals surface area contributed by atoms with E-state index in [1.807, 2.05) is 0 Å². The smallest absolute Gasteiger partial charge is 0.252 e. The van der Waals surface area contributed by atoms with Crippen LogP contribution in [-0.4, -0.2) is 41.9 Å². The van der Waals surface area contributed by atoms with Crippen molar-refractivity contribution in [1.29, 1.82) is 0 Å². The minimum absolute atomic E-state index is 0.118. The molecule has 1 saturated heterocycles. The number of carbonyl (C=O) groups excluding carboxylic acids is 1. The molecule has 1 aliphatic rings. The molecule has 2 aromatic heterocycles. The zero-order valence-electron chi connectivity index (χ0n) is 16.0. The topological polar surface area (TPSA) is 105 Å². The zero-order valence-corrected chi connectivity index (χ0v) is 18.4. The predicted octanol–water partition coefficient (Wildman–Crippen LogP) is 3.80. The highest BCUT2D eigenvalue weighted by atomic mass is 35.5. The van der Waals surface area contributed by atoms with Crippen molar-refractivity contribution in [3.8, 4) is 11.4 Å². The number of hydrogen-bond acceptors (Lipinski definition) is 7. The number of rotatable bonds is 5. The van der Waals surface area contributed by atoms with Crippen LogP contribution in [0.3, 0.4) is 0 Å². The van der Waals surface area contributed by atoms with Crippen molar-refractivity contribution in [1.82, 2.24) is 14.4 Å². The van der Waals surface area contributed by atoms with Crippen LogP contribution in [0.2, 0.25) is 5.02 Å². The molecule has 1 N–H and O–H groups in total. The Kier molecular flexibility index (Phi) is 5.92. The van der Waals surface area contributed by atoms with Crippen LogP contribution < -0.4 is 5.32 Å². The molecule has 0 unspecified atom stereocenters. The van der Waals surface area contributed by atoms with Gasteiger partial charge in [0, 0.05) is 31.0 Å². The maximum Gasteiger partial charge on any atom is 0.252 e. The summed E-state index contributed by atoms with van der Waals surface area (Å²) < 4.78 is 32.8. The molecule has 0 bridgehead atoms. The lowest BCUT2D eigenvalue weighted by Crippen LogP contribution is -2.43.